The Balaban J connectivity index is 0.00000169. The van der Waals surface area contributed by atoms with Gasteiger partial charge in [0.15, 0.2) is 0 Å². The molecule has 3 nitrogen and oxygen atoms in total. The van der Waals surface area contributed by atoms with Crippen LogP contribution in [-0.4, -0.2) is 26.1 Å². The average Bonchev–Trinajstić information content (AvgIpc) is 2.01. The van der Waals surface area contributed by atoms with Gasteiger partial charge in [-0.1, -0.05) is 6.42 Å². The molecule has 0 aromatic carbocycles. The Morgan fingerprint density at radius 2 is 1.64 bits per heavy atom. The van der Waals surface area contributed by atoms with Crippen molar-refractivity contribution in [1.29, 1.82) is 0 Å². The Morgan fingerprint density at radius 1 is 1.14 bits per heavy atom. The third-order valence-corrected chi connectivity index (χ3v) is 3.13. The molecule has 1 aliphatic heterocycles. The van der Waals surface area contributed by atoms with Crippen molar-refractivity contribution in [1.82, 2.24) is 0 Å². The third kappa shape index (κ3) is 2.08. The maximum absolute atomic E-state index is 12.6. The number of hydrogen-bond acceptors (Lipinski definition) is 2. The van der Waals surface area contributed by atoms with Crippen molar-refractivity contribution in [3.05, 3.63) is 4.72 Å². The molecule has 0 amide bonds. The Hall–Kier alpha value is 0.227. The van der Waals surface area contributed by atoms with E-state index in [9.17, 15) is 26.0 Å². The molecule has 0 bridgehead atoms. The van der Waals surface area contributed by atoms with Gasteiger partial charge in [0.1, 0.15) is 10.0 Å². The summed E-state index contributed by atoms with van der Waals surface area (Å²) < 4.78 is 73.9. The zero-order chi connectivity index (χ0) is 10.3. The van der Waals surface area contributed by atoms with E-state index in [0.29, 0.717) is 0 Å². The first-order chi connectivity index (χ1) is 5.71. The SMILES string of the molecule is O=S1(=O)[N-]CCCC(F)(F)C1(F)F.[Li+]. The van der Waals surface area contributed by atoms with Crippen LogP contribution in [-0.2, 0) is 10.0 Å². The van der Waals surface area contributed by atoms with Crippen molar-refractivity contribution >= 4 is 10.0 Å². The maximum atomic E-state index is 12.6. The summed E-state index contributed by atoms with van der Waals surface area (Å²) in [5.41, 5.74) is 0. The van der Waals surface area contributed by atoms with E-state index in [-0.39, 0.29) is 25.3 Å². The molecule has 0 atom stereocenters. The van der Waals surface area contributed by atoms with Crippen LogP contribution in [0.2, 0.25) is 0 Å². The standard InChI is InChI=1S/C5H6F4NO2S.Li/c6-4(7)2-1-3-10-13(11,12)5(4,8)9;/h1-3H2;/q-1;+1. The van der Waals surface area contributed by atoms with Crippen LogP contribution in [0.1, 0.15) is 12.8 Å². The molecular formula is C5H6F4LiNO2S. The molecule has 14 heavy (non-hydrogen) atoms. The second-order valence-electron chi connectivity index (χ2n) is 2.65. The minimum Gasteiger partial charge on any atom is -0.544 e. The van der Waals surface area contributed by atoms with Crippen LogP contribution in [0.3, 0.4) is 0 Å². The van der Waals surface area contributed by atoms with Gasteiger partial charge in [-0.2, -0.15) is 17.6 Å². The Labute approximate surface area is 90.5 Å². The molecule has 0 unspecified atom stereocenters. The summed E-state index contributed by atoms with van der Waals surface area (Å²) in [6.07, 6.45) is -1.52. The number of halogens is 4. The molecule has 0 spiro atoms. The van der Waals surface area contributed by atoms with Crippen molar-refractivity contribution < 1.29 is 44.8 Å². The van der Waals surface area contributed by atoms with Gasteiger partial charge in [0.25, 0.3) is 0 Å². The largest absolute Gasteiger partial charge is 1.00 e. The molecule has 1 saturated heterocycles. The first-order valence-electron chi connectivity index (χ1n) is 3.40. The van der Waals surface area contributed by atoms with Gasteiger partial charge < -0.3 is 4.72 Å². The summed E-state index contributed by atoms with van der Waals surface area (Å²) in [6, 6.07) is 0. The van der Waals surface area contributed by atoms with Crippen molar-refractivity contribution in [2.24, 2.45) is 0 Å². The van der Waals surface area contributed by atoms with Gasteiger partial charge >= 0.3 is 30.0 Å². The van der Waals surface area contributed by atoms with E-state index >= 15 is 0 Å². The van der Waals surface area contributed by atoms with Crippen molar-refractivity contribution in [3.8, 4) is 0 Å². The van der Waals surface area contributed by atoms with Crippen LogP contribution >= 0.6 is 0 Å². The number of rotatable bonds is 0. The number of nitrogens with zero attached hydrogens (tertiary/aromatic N) is 1. The zero-order valence-electron chi connectivity index (χ0n) is 7.31. The van der Waals surface area contributed by atoms with Crippen LogP contribution in [0, 0.1) is 0 Å². The summed E-state index contributed by atoms with van der Waals surface area (Å²) in [4.78, 5) is 0. The second kappa shape index (κ2) is 4.00. The monoisotopic (exact) mass is 227 g/mol. The number of sulfonamides is 1. The van der Waals surface area contributed by atoms with Gasteiger partial charge in [-0.25, -0.2) is 8.42 Å². The fourth-order valence-electron chi connectivity index (χ4n) is 0.901. The van der Waals surface area contributed by atoms with Gasteiger partial charge in [-0.05, 0) is 0 Å². The van der Waals surface area contributed by atoms with Gasteiger partial charge in [-0.3, -0.25) is 0 Å². The van der Waals surface area contributed by atoms with Crippen molar-refractivity contribution in [2.75, 3.05) is 6.54 Å². The van der Waals surface area contributed by atoms with Gasteiger partial charge in [0.05, 0.1) is 0 Å². The third-order valence-electron chi connectivity index (χ3n) is 1.66. The first-order valence-corrected chi connectivity index (χ1v) is 4.84. The topological polar surface area (TPSA) is 48.2 Å². The Bertz CT molecular complexity index is 305. The van der Waals surface area contributed by atoms with Crippen molar-refractivity contribution in [3.63, 3.8) is 0 Å². The van der Waals surface area contributed by atoms with Crippen molar-refractivity contribution in [2.45, 2.75) is 24.0 Å². The van der Waals surface area contributed by atoms with E-state index in [4.69, 9.17) is 0 Å². The van der Waals surface area contributed by atoms with E-state index in [0.717, 1.165) is 0 Å². The zero-order valence-corrected chi connectivity index (χ0v) is 8.12. The van der Waals surface area contributed by atoms with Gasteiger partial charge in [0.2, 0.25) is 0 Å². The molecule has 1 rings (SSSR count). The molecule has 78 valence electrons. The fraction of sp³-hybridized carbons (Fsp3) is 1.00. The second-order valence-corrected chi connectivity index (χ2v) is 4.37. The van der Waals surface area contributed by atoms with Crippen LogP contribution in [0.25, 0.3) is 4.72 Å². The van der Waals surface area contributed by atoms with E-state index in [1.165, 1.54) is 0 Å². The summed E-state index contributed by atoms with van der Waals surface area (Å²) in [5.74, 6) is -4.52. The molecule has 0 radical (unpaired) electrons. The van der Waals surface area contributed by atoms with E-state index in [2.05, 4.69) is 4.72 Å². The van der Waals surface area contributed by atoms with Crippen LogP contribution in [0.4, 0.5) is 17.6 Å². The molecular weight excluding hydrogens is 221 g/mol. The van der Waals surface area contributed by atoms with E-state index in [1.54, 1.807) is 0 Å². The van der Waals surface area contributed by atoms with Crippen LogP contribution in [0.5, 0.6) is 0 Å². The van der Waals surface area contributed by atoms with Gasteiger partial charge in [0, 0.05) is 6.42 Å². The molecule has 0 saturated carbocycles. The molecule has 0 aliphatic carbocycles. The fourth-order valence-corrected chi connectivity index (χ4v) is 1.91. The predicted octanol–water partition coefficient (Wildman–Crippen LogP) is -1.28. The number of hydrogen-bond donors (Lipinski definition) is 0. The quantitative estimate of drug-likeness (QED) is 0.382. The van der Waals surface area contributed by atoms with Gasteiger partial charge in [-0.15, -0.1) is 6.54 Å². The molecule has 0 aromatic heterocycles. The van der Waals surface area contributed by atoms with Crippen LogP contribution < -0.4 is 18.9 Å². The molecule has 1 aliphatic rings. The van der Waals surface area contributed by atoms with E-state index < -0.39 is 34.2 Å². The minimum atomic E-state index is -5.36. The summed E-state index contributed by atoms with van der Waals surface area (Å²) >= 11 is 0. The molecule has 0 aromatic rings. The molecule has 1 heterocycles. The average molecular weight is 227 g/mol. The Kier molecular flexibility index (Phi) is 4.07. The van der Waals surface area contributed by atoms with E-state index in [1.807, 2.05) is 0 Å². The normalized spacial score (nSPS) is 28.6. The Morgan fingerprint density at radius 3 is 2.14 bits per heavy atom. The maximum Gasteiger partial charge on any atom is 1.00 e. The first kappa shape index (κ1) is 14.2. The number of alkyl halides is 4. The molecule has 0 N–H and O–H groups in total. The smallest absolute Gasteiger partial charge is 0.544 e. The molecule has 1 fully saturated rings. The summed E-state index contributed by atoms with van der Waals surface area (Å²) in [7, 11) is -5.36. The van der Waals surface area contributed by atoms with Crippen LogP contribution in [0.15, 0.2) is 0 Å². The summed E-state index contributed by atoms with van der Waals surface area (Å²) in [6.45, 7) is -0.506. The molecule has 9 heteroatoms. The minimum absolute atomic E-state index is 0. The predicted molar refractivity (Wildman–Crippen MR) is 36.3 cm³/mol. The summed E-state index contributed by atoms with van der Waals surface area (Å²) in [5, 5.41) is -5.07.